The number of ether oxygens (including phenoxy) is 1. The van der Waals surface area contributed by atoms with Gasteiger partial charge in [-0.2, -0.15) is 0 Å². The van der Waals surface area contributed by atoms with Gasteiger partial charge in [0.1, 0.15) is 6.10 Å². The van der Waals surface area contributed by atoms with Crippen LogP contribution in [0.25, 0.3) is 0 Å². The average Bonchev–Trinajstić information content (AvgIpc) is 3.48. The Labute approximate surface area is 193 Å². The van der Waals surface area contributed by atoms with Crippen molar-refractivity contribution in [2.45, 2.75) is 63.8 Å². The van der Waals surface area contributed by atoms with Crippen molar-refractivity contribution in [1.29, 1.82) is 0 Å². The van der Waals surface area contributed by atoms with Gasteiger partial charge in [-0.05, 0) is 43.4 Å². The van der Waals surface area contributed by atoms with E-state index in [1.165, 1.54) is 12.8 Å². The maximum atomic E-state index is 13.2. The van der Waals surface area contributed by atoms with Crippen LogP contribution in [0.5, 0.6) is 0 Å². The molecule has 8 heteroatoms. The summed E-state index contributed by atoms with van der Waals surface area (Å²) in [5, 5.41) is 3.89. The van der Waals surface area contributed by atoms with Crippen molar-refractivity contribution >= 4 is 23.4 Å². The van der Waals surface area contributed by atoms with Crippen molar-refractivity contribution in [2.24, 2.45) is 5.92 Å². The second kappa shape index (κ2) is 9.24. The zero-order valence-electron chi connectivity index (χ0n) is 18.1. The highest BCUT2D eigenvalue weighted by atomic mass is 35.5. The topological polar surface area (TPSA) is 76.5 Å². The molecule has 1 aliphatic carbocycles. The molecule has 1 atom stereocenters. The number of hydrogen-bond acceptors (Lipinski definition) is 4. The number of nitrogens with zero attached hydrogens (tertiary/aromatic N) is 3. The first kappa shape index (κ1) is 21.5. The van der Waals surface area contributed by atoms with Crippen molar-refractivity contribution in [2.75, 3.05) is 13.1 Å². The SMILES string of the molecule is O=C(NC1CCCC1)C1CCN(C(=O)c2ncn3c2CO[C@H](c2ccc(Cl)cc2)C3)CC1. The third-order valence-electron chi connectivity index (χ3n) is 7.03. The number of hydrogen-bond donors (Lipinski definition) is 1. The van der Waals surface area contributed by atoms with Crippen LogP contribution >= 0.6 is 11.6 Å². The molecule has 2 fully saturated rings. The van der Waals surface area contributed by atoms with Crippen molar-refractivity contribution in [3.8, 4) is 0 Å². The highest BCUT2D eigenvalue weighted by molar-refractivity contribution is 6.30. The summed E-state index contributed by atoms with van der Waals surface area (Å²) in [5.74, 6) is 0.0889. The fourth-order valence-electron chi connectivity index (χ4n) is 5.07. The summed E-state index contributed by atoms with van der Waals surface area (Å²) >= 11 is 5.99. The lowest BCUT2D eigenvalue weighted by atomic mass is 9.95. The number of imidazole rings is 1. The first-order valence-corrected chi connectivity index (χ1v) is 12.0. The molecular formula is C24H29ClN4O3. The van der Waals surface area contributed by atoms with Gasteiger partial charge in [0.2, 0.25) is 5.91 Å². The molecule has 2 amide bonds. The Morgan fingerprint density at radius 1 is 1.06 bits per heavy atom. The Balaban J connectivity index is 1.18. The Morgan fingerprint density at radius 2 is 1.78 bits per heavy atom. The second-order valence-corrected chi connectivity index (χ2v) is 9.54. The number of benzene rings is 1. The molecule has 3 heterocycles. The lowest BCUT2D eigenvalue weighted by molar-refractivity contribution is -0.127. The van der Waals surface area contributed by atoms with Crippen molar-refractivity contribution in [1.82, 2.24) is 19.8 Å². The van der Waals surface area contributed by atoms with E-state index in [9.17, 15) is 9.59 Å². The molecule has 2 aromatic rings. The number of halogens is 1. The quantitative estimate of drug-likeness (QED) is 0.760. The summed E-state index contributed by atoms with van der Waals surface area (Å²) in [4.78, 5) is 32.0. The number of aromatic nitrogens is 2. The summed E-state index contributed by atoms with van der Waals surface area (Å²) in [6.07, 6.45) is 7.64. The van der Waals surface area contributed by atoms with Crippen LogP contribution in [0.1, 0.15) is 66.4 Å². The van der Waals surface area contributed by atoms with Gasteiger partial charge >= 0.3 is 0 Å². The van der Waals surface area contributed by atoms with E-state index in [0.717, 1.165) is 24.1 Å². The van der Waals surface area contributed by atoms with E-state index in [-0.39, 0.29) is 23.8 Å². The standard InChI is InChI=1S/C24H29ClN4O3/c25-18-7-5-16(6-8-18)21-13-29-15-26-22(20(29)14-32-21)24(31)28-11-9-17(10-12-28)23(30)27-19-3-1-2-4-19/h5-8,15,17,19,21H,1-4,9-14H2,(H,27,30)/t21-/m0/s1. The summed E-state index contributed by atoms with van der Waals surface area (Å²) in [7, 11) is 0. The van der Waals surface area contributed by atoms with Crippen molar-refractivity contribution < 1.29 is 14.3 Å². The molecule has 7 nitrogen and oxygen atoms in total. The largest absolute Gasteiger partial charge is 0.365 e. The van der Waals surface area contributed by atoms with Crippen LogP contribution < -0.4 is 5.32 Å². The molecule has 0 radical (unpaired) electrons. The molecule has 2 aliphatic heterocycles. The minimum absolute atomic E-state index is 0.000899. The van der Waals surface area contributed by atoms with Crippen LogP contribution in [0.4, 0.5) is 0 Å². The van der Waals surface area contributed by atoms with Crippen LogP contribution in [0, 0.1) is 5.92 Å². The van der Waals surface area contributed by atoms with Gasteiger partial charge in [-0.25, -0.2) is 4.98 Å². The van der Waals surface area contributed by atoms with Gasteiger partial charge in [0.05, 0.1) is 25.2 Å². The number of likely N-dealkylation sites (tertiary alicyclic amines) is 1. The Kier molecular flexibility index (Phi) is 6.20. The Bertz CT molecular complexity index is 976. The first-order chi connectivity index (χ1) is 15.6. The van der Waals surface area contributed by atoms with E-state index >= 15 is 0 Å². The molecule has 1 saturated heterocycles. The molecule has 0 spiro atoms. The van der Waals surface area contributed by atoms with E-state index in [0.29, 0.717) is 55.8 Å². The van der Waals surface area contributed by atoms with Gasteiger partial charge in [0.15, 0.2) is 5.69 Å². The van der Waals surface area contributed by atoms with E-state index in [4.69, 9.17) is 16.3 Å². The number of fused-ring (bicyclic) bond motifs is 1. The van der Waals surface area contributed by atoms with Crippen LogP contribution in [0.2, 0.25) is 5.02 Å². The molecule has 32 heavy (non-hydrogen) atoms. The maximum absolute atomic E-state index is 13.2. The second-order valence-electron chi connectivity index (χ2n) is 9.10. The zero-order valence-corrected chi connectivity index (χ0v) is 18.9. The number of rotatable bonds is 4. The zero-order chi connectivity index (χ0) is 22.1. The van der Waals surface area contributed by atoms with E-state index in [1.807, 2.05) is 33.7 Å². The normalized spacial score (nSPS) is 22.0. The fraction of sp³-hybridized carbons (Fsp3) is 0.542. The molecule has 1 N–H and O–H groups in total. The predicted octanol–water partition coefficient (Wildman–Crippen LogP) is 3.72. The Morgan fingerprint density at radius 3 is 2.50 bits per heavy atom. The third-order valence-corrected chi connectivity index (χ3v) is 7.28. The van der Waals surface area contributed by atoms with Crippen molar-refractivity contribution in [3.63, 3.8) is 0 Å². The Hall–Kier alpha value is -2.38. The van der Waals surface area contributed by atoms with Crippen molar-refractivity contribution in [3.05, 3.63) is 52.6 Å². The molecule has 1 aromatic carbocycles. The smallest absolute Gasteiger partial charge is 0.274 e. The average molecular weight is 457 g/mol. The fourth-order valence-corrected chi connectivity index (χ4v) is 5.19. The maximum Gasteiger partial charge on any atom is 0.274 e. The lowest BCUT2D eigenvalue weighted by Gasteiger charge is -2.32. The monoisotopic (exact) mass is 456 g/mol. The minimum atomic E-state index is -0.0916. The van der Waals surface area contributed by atoms with E-state index in [2.05, 4.69) is 10.3 Å². The third kappa shape index (κ3) is 4.41. The highest BCUT2D eigenvalue weighted by Crippen LogP contribution is 2.29. The van der Waals surface area contributed by atoms with Gasteiger partial charge in [-0.1, -0.05) is 36.6 Å². The first-order valence-electron chi connectivity index (χ1n) is 11.6. The van der Waals surface area contributed by atoms with Crippen LogP contribution in [0.15, 0.2) is 30.6 Å². The van der Waals surface area contributed by atoms with Gasteiger partial charge in [0.25, 0.3) is 5.91 Å². The summed E-state index contributed by atoms with van der Waals surface area (Å²) < 4.78 is 8.06. The summed E-state index contributed by atoms with van der Waals surface area (Å²) in [6.45, 7) is 2.12. The molecule has 1 aromatic heterocycles. The van der Waals surface area contributed by atoms with E-state index in [1.54, 1.807) is 6.33 Å². The predicted molar refractivity (Wildman–Crippen MR) is 120 cm³/mol. The molecular weight excluding hydrogens is 428 g/mol. The van der Waals surface area contributed by atoms with Crippen LogP contribution in [-0.4, -0.2) is 45.4 Å². The van der Waals surface area contributed by atoms with Gasteiger partial charge < -0.3 is 19.5 Å². The molecule has 0 unspecified atom stereocenters. The molecule has 5 rings (SSSR count). The van der Waals surface area contributed by atoms with Gasteiger partial charge in [0, 0.05) is 30.1 Å². The van der Waals surface area contributed by atoms with Gasteiger partial charge in [-0.3, -0.25) is 9.59 Å². The number of carbonyl (C=O) groups is 2. The number of carbonyl (C=O) groups excluding carboxylic acids is 2. The van der Waals surface area contributed by atoms with Gasteiger partial charge in [-0.15, -0.1) is 0 Å². The van der Waals surface area contributed by atoms with E-state index < -0.39 is 0 Å². The minimum Gasteiger partial charge on any atom is -0.365 e. The number of nitrogens with one attached hydrogen (secondary N) is 1. The number of piperidine rings is 1. The molecule has 170 valence electrons. The summed E-state index contributed by atoms with van der Waals surface area (Å²) in [5.41, 5.74) is 2.34. The highest BCUT2D eigenvalue weighted by Gasteiger charge is 2.33. The molecule has 0 bridgehead atoms. The lowest BCUT2D eigenvalue weighted by Crippen LogP contribution is -2.45. The summed E-state index contributed by atoms with van der Waals surface area (Å²) in [6, 6.07) is 7.99. The number of amides is 2. The van der Waals surface area contributed by atoms with Crippen LogP contribution in [-0.2, 0) is 22.7 Å². The van der Waals surface area contributed by atoms with Crippen LogP contribution in [0.3, 0.4) is 0 Å². The molecule has 3 aliphatic rings. The molecule has 1 saturated carbocycles.